The number of carbonyl (C=O) groups excluding carboxylic acids is 1. The maximum Gasteiger partial charge on any atom is 0.259 e. The van der Waals surface area contributed by atoms with Gasteiger partial charge in [0, 0.05) is 11.9 Å². The standard InChI is InChI=1S/C14H16N2O2S/c1-10-8-19-9-11(10)14(18)16(6-7-17)13-5-3-2-4-12(13)15/h2-5,8-9,17H,6-7,15H2,1H3. The number of aliphatic hydroxyl groups is 1. The van der Waals surface area contributed by atoms with Crippen molar-refractivity contribution in [1.29, 1.82) is 0 Å². The van der Waals surface area contributed by atoms with Crippen molar-refractivity contribution in [1.82, 2.24) is 0 Å². The summed E-state index contributed by atoms with van der Waals surface area (Å²) in [5, 5.41) is 12.9. The SMILES string of the molecule is Cc1cscc1C(=O)N(CCO)c1ccccc1N. The number of aliphatic hydroxyl groups excluding tert-OH is 1. The van der Waals surface area contributed by atoms with Crippen LogP contribution in [0.15, 0.2) is 35.0 Å². The van der Waals surface area contributed by atoms with Crippen molar-refractivity contribution < 1.29 is 9.90 Å². The zero-order chi connectivity index (χ0) is 13.8. The smallest absolute Gasteiger partial charge is 0.259 e. The van der Waals surface area contributed by atoms with Crippen LogP contribution in [0.5, 0.6) is 0 Å². The van der Waals surface area contributed by atoms with Gasteiger partial charge in [-0.3, -0.25) is 4.79 Å². The number of nitrogen functional groups attached to an aromatic ring is 1. The number of thiophene rings is 1. The quantitative estimate of drug-likeness (QED) is 0.842. The third-order valence-corrected chi connectivity index (χ3v) is 3.74. The topological polar surface area (TPSA) is 66.6 Å². The molecule has 0 aliphatic rings. The highest BCUT2D eigenvalue weighted by Crippen LogP contribution is 2.25. The van der Waals surface area contributed by atoms with Crippen LogP contribution in [0.2, 0.25) is 0 Å². The minimum absolute atomic E-state index is 0.108. The molecule has 4 nitrogen and oxygen atoms in total. The molecule has 0 bridgehead atoms. The lowest BCUT2D eigenvalue weighted by Crippen LogP contribution is -2.34. The van der Waals surface area contributed by atoms with E-state index < -0.39 is 0 Å². The molecule has 5 heteroatoms. The van der Waals surface area contributed by atoms with Crippen molar-refractivity contribution in [3.05, 3.63) is 46.2 Å². The largest absolute Gasteiger partial charge is 0.397 e. The lowest BCUT2D eigenvalue weighted by molar-refractivity contribution is 0.0981. The number of carbonyl (C=O) groups is 1. The lowest BCUT2D eigenvalue weighted by Gasteiger charge is -2.23. The molecule has 0 aliphatic heterocycles. The summed E-state index contributed by atoms with van der Waals surface area (Å²) in [4.78, 5) is 14.1. The highest BCUT2D eigenvalue weighted by molar-refractivity contribution is 7.08. The highest BCUT2D eigenvalue weighted by atomic mass is 32.1. The van der Waals surface area contributed by atoms with Crippen LogP contribution in [0.25, 0.3) is 0 Å². The van der Waals surface area contributed by atoms with Gasteiger partial charge in [-0.1, -0.05) is 12.1 Å². The van der Waals surface area contributed by atoms with Gasteiger partial charge in [0.1, 0.15) is 0 Å². The molecular formula is C14H16N2O2S. The van der Waals surface area contributed by atoms with Crippen LogP contribution in [0.3, 0.4) is 0 Å². The van der Waals surface area contributed by atoms with Gasteiger partial charge in [-0.15, -0.1) is 0 Å². The van der Waals surface area contributed by atoms with E-state index in [1.165, 1.54) is 16.2 Å². The van der Waals surface area contributed by atoms with Gasteiger partial charge >= 0.3 is 0 Å². The van der Waals surface area contributed by atoms with E-state index in [1.807, 2.05) is 29.8 Å². The number of hydrogen-bond donors (Lipinski definition) is 2. The first-order valence-electron chi connectivity index (χ1n) is 5.95. The molecule has 0 spiro atoms. The molecule has 3 N–H and O–H groups in total. The summed E-state index contributed by atoms with van der Waals surface area (Å²) in [5.74, 6) is -0.134. The van der Waals surface area contributed by atoms with Gasteiger partial charge in [0.2, 0.25) is 0 Å². The number of nitrogens with zero attached hydrogens (tertiary/aromatic N) is 1. The van der Waals surface area contributed by atoms with Gasteiger partial charge in [0.15, 0.2) is 0 Å². The summed E-state index contributed by atoms with van der Waals surface area (Å²) >= 11 is 1.49. The molecule has 0 aliphatic carbocycles. The summed E-state index contributed by atoms with van der Waals surface area (Å²) in [5.41, 5.74) is 8.66. The van der Waals surface area contributed by atoms with Crippen molar-refractivity contribution in [2.45, 2.75) is 6.92 Å². The number of rotatable bonds is 4. The predicted octanol–water partition coefficient (Wildman–Crippen LogP) is 2.28. The predicted molar refractivity (Wildman–Crippen MR) is 78.7 cm³/mol. The molecule has 1 aromatic carbocycles. The molecule has 0 unspecified atom stereocenters. The Kier molecular flexibility index (Phi) is 4.19. The molecule has 2 rings (SSSR count). The number of nitrogens with two attached hydrogens (primary N) is 1. The van der Waals surface area contributed by atoms with Gasteiger partial charge in [-0.05, 0) is 30.0 Å². The Morgan fingerprint density at radius 2 is 2.11 bits per heavy atom. The van der Waals surface area contributed by atoms with Crippen LogP contribution < -0.4 is 10.6 Å². The van der Waals surface area contributed by atoms with Gasteiger partial charge in [0.05, 0.1) is 23.5 Å². The van der Waals surface area contributed by atoms with E-state index in [0.29, 0.717) is 16.9 Å². The van der Waals surface area contributed by atoms with Crippen molar-refractivity contribution >= 4 is 28.6 Å². The highest BCUT2D eigenvalue weighted by Gasteiger charge is 2.20. The molecule has 2 aromatic rings. The first kappa shape index (κ1) is 13.6. The molecule has 0 radical (unpaired) electrons. The average Bonchev–Trinajstić information content (AvgIpc) is 2.82. The summed E-state index contributed by atoms with van der Waals surface area (Å²) in [6, 6.07) is 7.16. The summed E-state index contributed by atoms with van der Waals surface area (Å²) in [7, 11) is 0. The van der Waals surface area contributed by atoms with E-state index in [-0.39, 0.29) is 19.1 Å². The van der Waals surface area contributed by atoms with Crippen molar-refractivity contribution in [3.8, 4) is 0 Å². The second-order valence-corrected chi connectivity index (χ2v) is 4.95. The van der Waals surface area contributed by atoms with Crippen LogP contribution in [0, 0.1) is 6.92 Å². The number of benzene rings is 1. The van der Waals surface area contributed by atoms with Crippen molar-refractivity contribution in [3.63, 3.8) is 0 Å². The fraction of sp³-hybridized carbons (Fsp3) is 0.214. The molecule has 0 saturated heterocycles. The number of anilines is 2. The van der Waals surface area contributed by atoms with Gasteiger partial charge in [-0.2, -0.15) is 11.3 Å². The minimum Gasteiger partial charge on any atom is -0.397 e. The molecule has 1 heterocycles. The molecule has 0 saturated carbocycles. The lowest BCUT2D eigenvalue weighted by atomic mass is 10.1. The Morgan fingerprint density at radius 3 is 2.68 bits per heavy atom. The third kappa shape index (κ3) is 2.77. The Morgan fingerprint density at radius 1 is 1.37 bits per heavy atom. The zero-order valence-corrected chi connectivity index (χ0v) is 11.5. The monoisotopic (exact) mass is 276 g/mol. The molecule has 100 valence electrons. The first-order chi connectivity index (χ1) is 9.15. The Bertz CT molecular complexity index is 580. The number of para-hydroxylation sites is 2. The number of aryl methyl sites for hydroxylation is 1. The minimum atomic E-state index is -0.134. The number of amides is 1. The summed E-state index contributed by atoms with van der Waals surface area (Å²) in [6.45, 7) is 2.01. The fourth-order valence-electron chi connectivity index (χ4n) is 1.89. The maximum atomic E-state index is 12.5. The van der Waals surface area contributed by atoms with E-state index in [9.17, 15) is 9.90 Å². The van der Waals surface area contributed by atoms with Gasteiger partial charge in [0.25, 0.3) is 5.91 Å². The second kappa shape index (κ2) is 5.86. The van der Waals surface area contributed by atoms with Crippen molar-refractivity contribution in [2.24, 2.45) is 0 Å². The van der Waals surface area contributed by atoms with E-state index in [0.717, 1.165) is 5.56 Å². The first-order valence-corrected chi connectivity index (χ1v) is 6.89. The van der Waals surface area contributed by atoms with Gasteiger partial charge in [-0.25, -0.2) is 0 Å². The molecular weight excluding hydrogens is 260 g/mol. The Balaban J connectivity index is 2.39. The van der Waals surface area contributed by atoms with Crippen LogP contribution >= 0.6 is 11.3 Å². The van der Waals surface area contributed by atoms with Crippen LogP contribution in [-0.2, 0) is 0 Å². The molecule has 1 amide bonds. The van der Waals surface area contributed by atoms with Crippen LogP contribution in [0.4, 0.5) is 11.4 Å². The molecule has 1 aromatic heterocycles. The molecule has 0 atom stereocenters. The average molecular weight is 276 g/mol. The summed E-state index contributed by atoms with van der Waals surface area (Å²) in [6.07, 6.45) is 0. The second-order valence-electron chi connectivity index (χ2n) is 4.21. The molecule has 0 fully saturated rings. The van der Waals surface area contributed by atoms with E-state index in [1.54, 1.807) is 12.1 Å². The van der Waals surface area contributed by atoms with Crippen LogP contribution in [-0.4, -0.2) is 24.2 Å². The third-order valence-electron chi connectivity index (χ3n) is 2.88. The van der Waals surface area contributed by atoms with E-state index in [4.69, 9.17) is 5.73 Å². The van der Waals surface area contributed by atoms with Crippen LogP contribution in [0.1, 0.15) is 15.9 Å². The van der Waals surface area contributed by atoms with Gasteiger partial charge < -0.3 is 15.7 Å². The van der Waals surface area contributed by atoms with E-state index in [2.05, 4.69) is 0 Å². The summed E-state index contributed by atoms with van der Waals surface area (Å²) < 4.78 is 0. The Hall–Kier alpha value is -1.85. The van der Waals surface area contributed by atoms with E-state index >= 15 is 0 Å². The van der Waals surface area contributed by atoms with Crippen molar-refractivity contribution in [2.75, 3.05) is 23.8 Å². The zero-order valence-electron chi connectivity index (χ0n) is 10.7. The maximum absolute atomic E-state index is 12.5. The normalized spacial score (nSPS) is 10.4. The molecule has 19 heavy (non-hydrogen) atoms. The number of hydrogen-bond acceptors (Lipinski definition) is 4. The Labute approximate surface area is 116 Å². The fourth-order valence-corrected chi connectivity index (χ4v) is 2.71.